The molecule has 3 N–H and O–H groups in total. The van der Waals surface area contributed by atoms with Crippen molar-refractivity contribution in [3.63, 3.8) is 0 Å². The minimum Gasteiger partial charge on any atom is -0.478 e. The van der Waals surface area contributed by atoms with E-state index >= 15 is 0 Å². The Hall–Kier alpha value is -2.69. The Bertz CT molecular complexity index is 688. The van der Waals surface area contributed by atoms with Crippen LogP contribution in [0.15, 0.2) is 36.4 Å². The van der Waals surface area contributed by atoms with Gasteiger partial charge in [-0.25, -0.2) is 14.4 Å². The molecule has 1 aliphatic rings. The number of piperidine rings is 1. The molecular formula is C21H29N3O4. The standard InChI is InChI=1S/C17H25N3.C4H4O4/c1-14(2)12-20(16-8-10-19-11-9-16)13-15-6-4-5-7-17(15)18-3;5-3(6)1-2-4(7)8/h4-7,14,16,19H,8-13H2,1-2H3;1-2H,(H,5,6)(H,7,8)/b;2-1+. The summed E-state index contributed by atoms with van der Waals surface area (Å²) in [5, 5.41) is 19.1. The van der Waals surface area contributed by atoms with Gasteiger partial charge in [0, 0.05) is 31.3 Å². The van der Waals surface area contributed by atoms with Gasteiger partial charge in [-0.05, 0) is 37.4 Å². The fourth-order valence-electron chi connectivity index (χ4n) is 3.10. The fraction of sp³-hybridized carbons (Fsp3) is 0.476. The van der Waals surface area contributed by atoms with E-state index < -0.39 is 11.9 Å². The third-order valence-electron chi connectivity index (χ3n) is 4.28. The summed E-state index contributed by atoms with van der Waals surface area (Å²) in [5.74, 6) is -1.86. The van der Waals surface area contributed by atoms with Gasteiger partial charge in [0.2, 0.25) is 0 Å². The quantitative estimate of drug-likeness (QED) is 0.491. The summed E-state index contributed by atoms with van der Waals surface area (Å²) in [6, 6.07) is 8.67. The smallest absolute Gasteiger partial charge is 0.328 e. The number of rotatable bonds is 7. The van der Waals surface area contributed by atoms with E-state index in [1.807, 2.05) is 18.2 Å². The number of hydrogen-bond donors (Lipinski definition) is 3. The van der Waals surface area contributed by atoms with Gasteiger partial charge in [-0.2, -0.15) is 0 Å². The molecular weight excluding hydrogens is 358 g/mol. The maximum absolute atomic E-state index is 9.55. The first kappa shape index (κ1) is 23.3. The van der Waals surface area contributed by atoms with E-state index in [1.54, 1.807) is 0 Å². The number of aliphatic carboxylic acids is 2. The second kappa shape index (κ2) is 12.7. The van der Waals surface area contributed by atoms with Crippen LogP contribution in [0.2, 0.25) is 0 Å². The van der Waals surface area contributed by atoms with Crippen molar-refractivity contribution in [1.82, 2.24) is 10.2 Å². The van der Waals surface area contributed by atoms with Gasteiger partial charge in [-0.1, -0.05) is 38.1 Å². The Balaban J connectivity index is 0.000000416. The van der Waals surface area contributed by atoms with E-state index in [0.717, 1.165) is 31.9 Å². The van der Waals surface area contributed by atoms with Crippen LogP contribution in [0.1, 0.15) is 32.3 Å². The summed E-state index contributed by atoms with van der Waals surface area (Å²) in [6.07, 6.45) is 3.55. The summed E-state index contributed by atoms with van der Waals surface area (Å²) >= 11 is 0. The lowest BCUT2D eigenvalue weighted by Crippen LogP contribution is -2.44. The first-order valence-corrected chi connectivity index (χ1v) is 9.37. The molecule has 1 aliphatic heterocycles. The lowest BCUT2D eigenvalue weighted by Gasteiger charge is -2.36. The zero-order chi connectivity index (χ0) is 20.9. The van der Waals surface area contributed by atoms with Crippen molar-refractivity contribution in [1.29, 1.82) is 0 Å². The molecule has 1 heterocycles. The predicted molar refractivity (Wildman–Crippen MR) is 108 cm³/mol. The number of carboxylic acid groups (broad SMARTS) is 2. The highest BCUT2D eigenvalue weighted by molar-refractivity contribution is 5.89. The minimum atomic E-state index is -1.26. The maximum Gasteiger partial charge on any atom is 0.328 e. The Morgan fingerprint density at radius 2 is 1.79 bits per heavy atom. The minimum absolute atomic E-state index is 0.558. The number of benzene rings is 1. The Labute approximate surface area is 166 Å². The highest BCUT2D eigenvalue weighted by Gasteiger charge is 2.22. The SMILES string of the molecule is O=C(O)/C=C/C(=O)O.[C-]#[N+]c1ccccc1CN(CC(C)C)C1CCNCC1. The van der Waals surface area contributed by atoms with Crippen molar-refractivity contribution in [3.8, 4) is 0 Å². The van der Waals surface area contributed by atoms with Crippen molar-refractivity contribution in [2.75, 3.05) is 19.6 Å². The van der Waals surface area contributed by atoms with Crippen molar-refractivity contribution in [2.45, 2.75) is 39.3 Å². The molecule has 0 bridgehead atoms. The molecule has 7 heteroatoms. The Morgan fingerprint density at radius 3 is 2.29 bits per heavy atom. The molecule has 0 unspecified atom stereocenters. The summed E-state index contributed by atoms with van der Waals surface area (Å²) in [5.41, 5.74) is 1.97. The molecule has 2 rings (SSSR count). The van der Waals surface area contributed by atoms with E-state index in [0.29, 0.717) is 24.1 Å². The number of carbonyl (C=O) groups is 2. The maximum atomic E-state index is 9.55. The van der Waals surface area contributed by atoms with Gasteiger partial charge < -0.3 is 15.5 Å². The molecule has 0 aliphatic carbocycles. The molecule has 1 aromatic carbocycles. The van der Waals surface area contributed by atoms with Gasteiger partial charge in [0.15, 0.2) is 5.69 Å². The number of carboxylic acids is 2. The van der Waals surface area contributed by atoms with Gasteiger partial charge in [0.25, 0.3) is 0 Å². The largest absolute Gasteiger partial charge is 0.478 e. The molecule has 7 nitrogen and oxygen atoms in total. The van der Waals surface area contributed by atoms with Crippen molar-refractivity contribution in [3.05, 3.63) is 53.4 Å². The molecule has 0 aromatic heterocycles. The molecule has 0 amide bonds. The molecule has 0 saturated carbocycles. The van der Waals surface area contributed by atoms with Crippen LogP contribution in [0.5, 0.6) is 0 Å². The van der Waals surface area contributed by atoms with E-state index in [-0.39, 0.29) is 0 Å². The molecule has 1 aromatic rings. The third-order valence-corrected chi connectivity index (χ3v) is 4.28. The lowest BCUT2D eigenvalue weighted by atomic mass is 10.0. The lowest BCUT2D eigenvalue weighted by molar-refractivity contribution is -0.134. The van der Waals surface area contributed by atoms with Gasteiger partial charge in [-0.3, -0.25) is 4.90 Å². The monoisotopic (exact) mass is 387 g/mol. The predicted octanol–water partition coefficient (Wildman–Crippen LogP) is 3.16. The topological polar surface area (TPSA) is 94.2 Å². The first-order chi connectivity index (χ1) is 13.3. The molecule has 0 spiro atoms. The average molecular weight is 387 g/mol. The van der Waals surface area contributed by atoms with Crippen molar-refractivity contribution in [2.24, 2.45) is 5.92 Å². The zero-order valence-electron chi connectivity index (χ0n) is 16.5. The second-order valence-corrected chi connectivity index (χ2v) is 7.05. The molecule has 152 valence electrons. The zero-order valence-corrected chi connectivity index (χ0v) is 16.5. The number of para-hydroxylation sites is 1. The molecule has 28 heavy (non-hydrogen) atoms. The van der Waals surface area contributed by atoms with Crippen LogP contribution < -0.4 is 5.32 Å². The molecule has 1 fully saturated rings. The van der Waals surface area contributed by atoms with Gasteiger partial charge >= 0.3 is 11.9 Å². The average Bonchev–Trinajstić information content (AvgIpc) is 2.67. The molecule has 0 radical (unpaired) electrons. The highest BCUT2D eigenvalue weighted by atomic mass is 16.4. The van der Waals surface area contributed by atoms with Crippen molar-refractivity contribution >= 4 is 17.6 Å². The van der Waals surface area contributed by atoms with E-state index in [1.165, 1.54) is 18.4 Å². The van der Waals surface area contributed by atoms with Crippen LogP contribution in [-0.4, -0.2) is 52.7 Å². The van der Waals surface area contributed by atoms with Crippen LogP contribution in [0.4, 0.5) is 5.69 Å². The Kier molecular flexibility index (Phi) is 10.6. The normalized spacial score (nSPS) is 14.5. The molecule has 1 saturated heterocycles. The number of hydrogen-bond acceptors (Lipinski definition) is 4. The number of nitrogens with one attached hydrogen (secondary N) is 1. The summed E-state index contributed by atoms with van der Waals surface area (Å²) in [6.45, 7) is 16.1. The van der Waals surface area contributed by atoms with Crippen LogP contribution in [0.25, 0.3) is 4.85 Å². The number of nitrogens with zero attached hydrogens (tertiary/aromatic N) is 2. The van der Waals surface area contributed by atoms with Crippen molar-refractivity contribution < 1.29 is 19.8 Å². The van der Waals surface area contributed by atoms with Gasteiger partial charge in [0.1, 0.15) is 0 Å². The second-order valence-electron chi connectivity index (χ2n) is 7.05. The van der Waals surface area contributed by atoms with Crippen LogP contribution >= 0.6 is 0 Å². The van der Waals surface area contributed by atoms with Crippen LogP contribution in [0, 0.1) is 12.5 Å². The summed E-state index contributed by atoms with van der Waals surface area (Å²) < 4.78 is 0. The van der Waals surface area contributed by atoms with Crippen LogP contribution in [-0.2, 0) is 16.1 Å². The van der Waals surface area contributed by atoms with Crippen LogP contribution in [0.3, 0.4) is 0 Å². The van der Waals surface area contributed by atoms with E-state index in [2.05, 4.69) is 35.0 Å². The summed E-state index contributed by atoms with van der Waals surface area (Å²) in [4.78, 5) is 25.3. The van der Waals surface area contributed by atoms with Gasteiger partial charge in [-0.15, -0.1) is 0 Å². The van der Waals surface area contributed by atoms with Gasteiger partial charge in [0.05, 0.1) is 6.57 Å². The summed E-state index contributed by atoms with van der Waals surface area (Å²) in [7, 11) is 0. The van der Waals surface area contributed by atoms with E-state index in [9.17, 15) is 9.59 Å². The Morgan fingerprint density at radius 1 is 1.21 bits per heavy atom. The third kappa shape index (κ3) is 9.31. The fourth-order valence-corrected chi connectivity index (χ4v) is 3.10. The molecule has 0 atom stereocenters. The highest BCUT2D eigenvalue weighted by Crippen LogP contribution is 2.23. The van der Waals surface area contributed by atoms with E-state index in [4.69, 9.17) is 16.8 Å². The first-order valence-electron chi connectivity index (χ1n) is 9.37.